The molecule has 0 radical (unpaired) electrons. The van der Waals surface area contributed by atoms with Crippen LogP contribution in [0.1, 0.15) is 33.4 Å². The smallest absolute Gasteiger partial charge is 0.161 e. The highest BCUT2D eigenvalue weighted by atomic mass is 15.1. The van der Waals surface area contributed by atoms with Crippen LogP contribution in [0.2, 0.25) is 0 Å². The highest BCUT2D eigenvalue weighted by Crippen LogP contribution is 2.63. The van der Waals surface area contributed by atoms with Crippen molar-refractivity contribution in [3.05, 3.63) is 203 Å². The number of hydrogen-bond acceptors (Lipinski definition) is 1. The lowest BCUT2D eigenvalue weighted by molar-refractivity contribution is 0.787. The molecule has 4 nitrogen and oxygen atoms in total. The summed E-state index contributed by atoms with van der Waals surface area (Å²) in [6, 6.07) is 60.5. The molecule has 0 fully saturated rings. The van der Waals surface area contributed by atoms with Gasteiger partial charge in [-0.05, 0) is 69.4 Å². The first-order valence-corrected chi connectivity index (χ1v) is 17.3. The van der Waals surface area contributed by atoms with Crippen molar-refractivity contribution >= 4 is 40.2 Å². The maximum absolute atomic E-state index is 5.22. The first-order valence-electron chi connectivity index (χ1n) is 17.3. The Morgan fingerprint density at radius 2 is 0.980 bits per heavy atom. The van der Waals surface area contributed by atoms with Crippen LogP contribution in [0.3, 0.4) is 0 Å². The number of rotatable bonds is 4. The highest BCUT2D eigenvalue weighted by Gasteiger charge is 2.51. The van der Waals surface area contributed by atoms with Crippen molar-refractivity contribution in [2.24, 2.45) is 15.0 Å². The van der Waals surface area contributed by atoms with Crippen LogP contribution in [-0.4, -0.2) is 23.0 Å². The van der Waals surface area contributed by atoms with Gasteiger partial charge < -0.3 is 4.57 Å². The van der Waals surface area contributed by atoms with E-state index >= 15 is 0 Å². The minimum absolute atomic E-state index is 0.383. The lowest BCUT2D eigenvalue weighted by atomic mass is 9.70. The molecule has 2 aliphatic carbocycles. The number of fused-ring (bicyclic) bond motifs is 13. The van der Waals surface area contributed by atoms with Gasteiger partial charge in [0, 0.05) is 21.9 Å². The first-order chi connectivity index (χ1) is 25.3. The number of aliphatic imine (C=N–C) groups is 3. The quantitative estimate of drug-likeness (QED) is 0.134. The minimum atomic E-state index is -0.393. The lowest BCUT2D eigenvalue weighted by Gasteiger charge is -2.30. The molecule has 10 rings (SSSR count). The fraction of sp³-hybridized carbons (Fsp3) is 0.0426. The average Bonchev–Trinajstić information content (AvgIpc) is 3.79. The normalized spacial score (nSPS) is 14.0. The number of nitrogens with zero attached hydrogens (tertiary/aromatic N) is 4. The first kappa shape index (κ1) is 29.3. The summed E-state index contributed by atoms with van der Waals surface area (Å²) in [5.41, 5.74) is 14.2. The van der Waals surface area contributed by atoms with Crippen molar-refractivity contribution in [3.8, 4) is 22.3 Å². The lowest BCUT2D eigenvalue weighted by Crippen LogP contribution is -2.25. The van der Waals surface area contributed by atoms with Crippen LogP contribution >= 0.6 is 0 Å². The summed E-state index contributed by atoms with van der Waals surface area (Å²) >= 11 is 0. The second-order valence-electron chi connectivity index (χ2n) is 13.2. The van der Waals surface area contributed by atoms with Crippen molar-refractivity contribution < 1.29 is 0 Å². The molecule has 8 aromatic rings. The van der Waals surface area contributed by atoms with Crippen LogP contribution in [0.25, 0.3) is 44.1 Å². The molecule has 0 bridgehead atoms. The predicted octanol–water partition coefficient (Wildman–Crippen LogP) is 10.7. The third-order valence-corrected chi connectivity index (χ3v) is 10.7. The molecule has 0 atom stereocenters. The molecule has 0 amide bonds. The van der Waals surface area contributed by atoms with Crippen LogP contribution in [0.5, 0.6) is 0 Å². The molecule has 1 aromatic heterocycles. The second kappa shape index (κ2) is 11.5. The van der Waals surface area contributed by atoms with Gasteiger partial charge in [0.2, 0.25) is 0 Å². The summed E-state index contributed by atoms with van der Waals surface area (Å²) in [6.07, 6.45) is 0. The molecule has 0 N–H and O–H groups in total. The number of aromatic nitrogens is 1. The molecule has 7 aromatic carbocycles. The van der Waals surface area contributed by atoms with Crippen molar-refractivity contribution in [1.82, 2.24) is 4.57 Å². The Labute approximate surface area is 296 Å². The van der Waals surface area contributed by atoms with Crippen LogP contribution in [0, 0.1) is 0 Å². The standard InChI is InChI=1S/C47H32N4/c1-48-45(31-16-4-2-5-17-31)50-46(32-18-6-3-7-19-32)49-30-51-43-27-15-11-23-36(43)38-28-42-37(29-44(38)51)35-22-10-14-26-41(35)47(42)39-24-12-8-20-33(39)34-21-9-13-25-40(34)47/h2-29H,1,30H2/b49-46-,50-45?. The summed E-state index contributed by atoms with van der Waals surface area (Å²) in [6.45, 7) is 4.23. The van der Waals surface area contributed by atoms with Crippen LogP contribution < -0.4 is 0 Å². The van der Waals surface area contributed by atoms with Gasteiger partial charge in [0.25, 0.3) is 0 Å². The van der Waals surface area contributed by atoms with Crippen molar-refractivity contribution in [3.63, 3.8) is 0 Å². The highest BCUT2D eigenvalue weighted by molar-refractivity contribution is 6.13. The third kappa shape index (κ3) is 4.23. The fourth-order valence-electron chi connectivity index (χ4n) is 8.58. The van der Waals surface area contributed by atoms with Crippen molar-refractivity contribution in [2.75, 3.05) is 0 Å². The van der Waals surface area contributed by atoms with E-state index in [2.05, 4.69) is 125 Å². The summed E-state index contributed by atoms with van der Waals surface area (Å²) in [5, 5.41) is 2.43. The summed E-state index contributed by atoms with van der Waals surface area (Å²) < 4.78 is 2.33. The SMILES string of the molecule is C=NC(=N/C(=N\Cn1c2ccccc2c2cc3c(cc21)-c1ccccc1C31c2ccccc2-c2ccccc21)c1ccccc1)c1ccccc1. The van der Waals surface area contributed by atoms with E-state index in [0.29, 0.717) is 18.3 Å². The van der Waals surface area contributed by atoms with E-state index in [1.807, 2.05) is 60.7 Å². The van der Waals surface area contributed by atoms with Gasteiger partial charge in [-0.1, -0.05) is 152 Å². The molecule has 1 spiro atoms. The van der Waals surface area contributed by atoms with E-state index in [1.165, 1.54) is 55.3 Å². The molecule has 4 heteroatoms. The molecule has 0 saturated heterocycles. The van der Waals surface area contributed by atoms with E-state index in [0.717, 1.165) is 22.2 Å². The molecule has 51 heavy (non-hydrogen) atoms. The van der Waals surface area contributed by atoms with E-state index in [1.54, 1.807) is 0 Å². The van der Waals surface area contributed by atoms with Gasteiger partial charge in [0.1, 0.15) is 6.67 Å². The molecular weight excluding hydrogens is 621 g/mol. The van der Waals surface area contributed by atoms with E-state index < -0.39 is 5.41 Å². The predicted molar refractivity (Wildman–Crippen MR) is 211 cm³/mol. The molecule has 0 unspecified atom stereocenters. The Hall–Kier alpha value is -6.65. The number of para-hydroxylation sites is 1. The van der Waals surface area contributed by atoms with E-state index in [4.69, 9.17) is 9.98 Å². The van der Waals surface area contributed by atoms with Gasteiger partial charge in [-0.2, -0.15) is 0 Å². The molecule has 1 heterocycles. The Morgan fingerprint density at radius 3 is 1.59 bits per heavy atom. The van der Waals surface area contributed by atoms with Crippen molar-refractivity contribution in [2.45, 2.75) is 12.1 Å². The second-order valence-corrected chi connectivity index (χ2v) is 13.2. The van der Waals surface area contributed by atoms with Crippen LogP contribution in [0.15, 0.2) is 185 Å². The topological polar surface area (TPSA) is 42.0 Å². The fourth-order valence-corrected chi connectivity index (χ4v) is 8.58. The number of hydrogen-bond donors (Lipinski definition) is 0. The molecule has 240 valence electrons. The molecular formula is C47H32N4. The summed E-state index contributed by atoms with van der Waals surface area (Å²) in [4.78, 5) is 14.5. The summed E-state index contributed by atoms with van der Waals surface area (Å²) in [5.74, 6) is 1.15. The zero-order valence-electron chi connectivity index (χ0n) is 27.9. The minimum Gasteiger partial charge on any atom is -0.320 e. The Kier molecular flexibility index (Phi) is 6.58. The average molecular weight is 653 g/mol. The van der Waals surface area contributed by atoms with E-state index in [9.17, 15) is 0 Å². The monoisotopic (exact) mass is 652 g/mol. The maximum atomic E-state index is 5.22. The van der Waals surface area contributed by atoms with Gasteiger partial charge in [0.05, 0.1) is 16.4 Å². The van der Waals surface area contributed by atoms with Gasteiger partial charge in [-0.15, -0.1) is 0 Å². The van der Waals surface area contributed by atoms with Gasteiger partial charge >= 0.3 is 0 Å². The molecule has 0 saturated carbocycles. The Bertz CT molecular complexity index is 2690. The van der Waals surface area contributed by atoms with Gasteiger partial charge in [-0.25, -0.2) is 15.0 Å². The molecule has 2 aliphatic rings. The Morgan fingerprint density at radius 1 is 0.471 bits per heavy atom. The Balaban J connectivity index is 1.22. The van der Waals surface area contributed by atoms with Crippen molar-refractivity contribution in [1.29, 1.82) is 0 Å². The molecule has 0 aliphatic heterocycles. The maximum Gasteiger partial charge on any atom is 0.161 e. The largest absolute Gasteiger partial charge is 0.320 e. The summed E-state index contributed by atoms with van der Waals surface area (Å²) in [7, 11) is 0. The third-order valence-electron chi connectivity index (χ3n) is 10.7. The zero-order chi connectivity index (χ0) is 33.9. The van der Waals surface area contributed by atoms with Gasteiger partial charge in [-0.3, -0.25) is 0 Å². The van der Waals surface area contributed by atoms with Gasteiger partial charge in [0.15, 0.2) is 11.7 Å². The zero-order valence-corrected chi connectivity index (χ0v) is 27.9. The number of benzene rings is 7. The van der Waals surface area contributed by atoms with E-state index in [-0.39, 0.29) is 0 Å². The number of amidine groups is 2. The van der Waals surface area contributed by atoms with Crippen LogP contribution in [0.4, 0.5) is 0 Å². The van der Waals surface area contributed by atoms with Crippen LogP contribution in [-0.2, 0) is 12.1 Å².